The van der Waals surface area contributed by atoms with Crippen LogP contribution in [0.1, 0.15) is 97.0 Å². The topological polar surface area (TPSA) is 3.24 Å². The number of unbranched alkanes of at least 4 members (excludes halogenated alkanes) is 3. The third-order valence-corrected chi connectivity index (χ3v) is 24.0. The van der Waals surface area contributed by atoms with Crippen molar-refractivity contribution >= 4 is 22.0 Å². The fraction of sp³-hybridized carbons (Fsp3) is 0.769. The molecule has 3 rings (SSSR count). The van der Waals surface area contributed by atoms with Crippen molar-refractivity contribution in [2.45, 2.75) is 116 Å². The summed E-state index contributed by atoms with van der Waals surface area (Å²) in [5.41, 5.74) is 1.98. The number of piperidine rings is 1. The van der Waals surface area contributed by atoms with E-state index in [1.807, 2.05) is 3.58 Å². The molecule has 1 aromatic carbocycles. The summed E-state index contributed by atoms with van der Waals surface area (Å²) in [7, 11) is 2.40. The number of rotatable bonds is 11. The maximum absolute atomic E-state index is 2.74. The molecule has 2 aliphatic heterocycles. The van der Waals surface area contributed by atoms with Crippen LogP contribution in [0.2, 0.25) is 13.3 Å². The Morgan fingerprint density at radius 1 is 0.857 bits per heavy atom. The van der Waals surface area contributed by atoms with Crippen molar-refractivity contribution in [1.82, 2.24) is 4.90 Å². The van der Waals surface area contributed by atoms with E-state index in [1.165, 1.54) is 70.6 Å². The molecule has 2 bridgehead atoms. The fourth-order valence-electron chi connectivity index (χ4n) is 6.37. The molecular formula is C26H45NSn. The van der Waals surface area contributed by atoms with Gasteiger partial charge in [0.05, 0.1) is 0 Å². The third kappa shape index (κ3) is 4.51. The van der Waals surface area contributed by atoms with Crippen molar-refractivity contribution in [2.75, 3.05) is 7.05 Å². The SMILES string of the molecule is CCC[CH2][Sn]([CH2]CCC)([CH2]CCC)[c]1ccc([C@]23CCC[C@H](CC2)N3C)cc1. The van der Waals surface area contributed by atoms with Crippen LogP contribution in [0.4, 0.5) is 0 Å². The number of hydrogen-bond acceptors (Lipinski definition) is 1. The second-order valence-electron chi connectivity index (χ2n) is 9.90. The summed E-state index contributed by atoms with van der Waals surface area (Å²) in [5, 5.41) is 0. The Morgan fingerprint density at radius 2 is 1.43 bits per heavy atom. The van der Waals surface area contributed by atoms with Crippen molar-refractivity contribution in [3.05, 3.63) is 29.8 Å². The quantitative estimate of drug-likeness (QED) is 0.296. The summed E-state index contributed by atoms with van der Waals surface area (Å²) in [4.78, 5) is 2.74. The summed E-state index contributed by atoms with van der Waals surface area (Å²) in [5.74, 6) is 0. The zero-order valence-electron chi connectivity index (χ0n) is 19.2. The minimum atomic E-state index is -2.27. The predicted molar refractivity (Wildman–Crippen MR) is 127 cm³/mol. The Kier molecular flexibility index (Phi) is 8.36. The van der Waals surface area contributed by atoms with Crippen LogP contribution in [0, 0.1) is 0 Å². The van der Waals surface area contributed by atoms with Gasteiger partial charge in [0.1, 0.15) is 0 Å². The van der Waals surface area contributed by atoms with E-state index in [9.17, 15) is 0 Å². The van der Waals surface area contributed by atoms with Crippen molar-refractivity contribution in [3.63, 3.8) is 0 Å². The van der Waals surface area contributed by atoms with E-state index < -0.39 is 18.4 Å². The Hall–Kier alpha value is -0.0213. The van der Waals surface area contributed by atoms with Gasteiger partial charge in [0.2, 0.25) is 0 Å². The molecule has 0 amide bonds. The summed E-state index contributed by atoms with van der Waals surface area (Å²) in [6.07, 6.45) is 15.5. The van der Waals surface area contributed by atoms with Crippen LogP contribution < -0.4 is 3.58 Å². The van der Waals surface area contributed by atoms with Gasteiger partial charge in [0.25, 0.3) is 0 Å². The van der Waals surface area contributed by atoms with Crippen LogP contribution in [0.25, 0.3) is 0 Å². The second-order valence-corrected chi connectivity index (χ2v) is 23.1. The van der Waals surface area contributed by atoms with Crippen molar-refractivity contribution in [3.8, 4) is 0 Å². The number of nitrogens with zero attached hydrogens (tertiary/aromatic N) is 1. The molecule has 0 radical (unpaired) electrons. The first kappa shape index (κ1) is 22.7. The zero-order chi connectivity index (χ0) is 20.0. The molecule has 2 heterocycles. The van der Waals surface area contributed by atoms with Gasteiger partial charge in [-0.25, -0.2) is 0 Å². The van der Waals surface area contributed by atoms with Crippen LogP contribution in [-0.4, -0.2) is 36.4 Å². The molecule has 0 spiro atoms. The Labute approximate surface area is 179 Å². The Balaban J connectivity index is 1.88. The van der Waals surface area contributed by atoms with E-state index in [0.717, 1.165) is 6.04 Å². The number of hydrogen-bond donors (Lipinski definition) is 0. The second kappa shape index (κ2) is 10.3. The van der Waals surface area contributed by atoms with Crippen LogP contribution >= 0.6 is 0 Å². The molecule has 1 aromatic rings. The van der Waals surface area contributed by atoms with Gasteiger partial charge < -0.3 is 0 Å². The minimum absolute atomic E-state index is 0.357. The number of benzene rings is 1. The van der Waals surface area contributed by atoms with Gasteiger partial charge in [-0.1, -0.05) is 0 Å². The van der Waals surface area contributed by atoms with E-state index in [0.29, 0.717) is 5.54 Å². The molecule has 2 fully saturated rings. The normalized spacial score (nSPS) is 25.4. The molecular weight excluding hydrogens is 445 g/mol. The molecule has 1 nitrogen and oxygen atoms in total. The predicted octanol–water partition coefficient (Wildman–Crippen LogP) is 7.22. The van der Waals surface area contributed by atoms with Gasteiger partial charge in [-0.2, -0.15) is 0 Å². The van der Waals surface area contributed by atoms with Gasteiger partial charge in [-0.15, -0.1) is 0 Å². The van der Waals surface area contributed by atoms with E-state index in [2.05, 4.69) is 57.0 Å². The molecule has 0 aromatic heterocycles. The van der Waals surface area contributed by atoms with Crippen molar-refractivity contribution in [2.24, 2.45) is 0 Å². The number of fused-ring (bicyclic) bond motifs is 2. The Bertz CT molecular complexity index is 569. The first-order chi connectivity index (χ1) is 13.6. The first-order valence-electron chi connectivity index (χ1n) is 12.5. The van der Waals surface area contributed by atoms with Gasteiger partial charge in [0, 0.05) is 0 Å². The van der Waals surface area contributed by atoms with Crippen molar-refractivity contribution < 1.29 is 0 Å². The average molecular weight is 490 g/mol. The van der Waals surface area contributed by atoms with Crippen LogP contribution in [0.15, 0.2) is 24.3 Å². The summed E-state index contributed by atoms with van der Waals surface area (Å²) in [6.45, 7) is 7.15. The van der Waals surface area contributed by atoms with Gasteiger partial charge in [-0.05, 0) is 0 Å². The molecule has 0 unspecified atom stereocenters. The van der Waals surface area contributed by atoms with Crippen molar-refractivity contribution in [1.29, 1.82) is 0 Å². The molecule has 0 saturated carbocycles. The standard InChI is InChI=1S/C14H18N.3C4H9.Sn/c1-15-13-8-5-10-14(15,11-9-13)12-6-3-2-4-7-12;3*1-3-4-2;/h3-4,6-7,13H,5,8-11H2,1H3;3*1,3-4H2,2H3;/t13-,14+;;;;/m1..../s1. The third-order valence-electron chi connectivity index (χ3n) is 8.30. The van der Waals surface area contributed by atoms with Gasteiger partial charge in [0.15, 0.2) is 0 Å². The zero-order valence-corrected chi connectivity index (χ0v) is 22.1. The van der Waals surface area contributed by atoms with E-state index >= 15 is 0 Å². The molecule has 2 atom stereocenters. The Morgan fingerprint density at radius 3 is 1.96 bits per heavy atom. The van der Waals surface area contributed by atoms with Crippen LogP contribution in [0.5, 0.6) is 0 Å². The molecule has 28 heavy (non-hydrogen) atoms. The fourth-order valence-corrected chi connectivity index (χ4v) is 22.3. The average Bonchev–Trinajstić information content (AvgIpc) is 2.91. The molecule has 0 aliphatic carbocycles. The molecule has 2 saturated heterocycles. The first-order valence-corrected chi connectivity index (χ1v) is 19.9. The van der Waals surface area contributed by atoms with Crippen LogP contribution in [-0.2, 0) is 5.54 Å². The molecule has 158 valence electrons. The molecule has 2 aliphatic rings. The summed E-state index contributed by atoms with van der Waals surface area (Å²) >= 11 is -2.27. The summed E-state index contributed by atoms with van der Waals surface area (Å²) in [6, 6.07) is 11.3. The van der Waals surface area contributed by atoms with Crippen LogP contribution in [0.3, 0.4) is 0 Å². The van der Waals surface area contributed by atoms with E-state index in [-0.39, 0.29) is 0 Å². The van der Waals surface area contributed by atoms with Gasteiger partial charge in [-0.3, -0.25) is 0 Å². The molecule has 0 N–H and O–H groups in total. The van der Waals surface area contributed by atoms with Gasteiger partial charge >= 0.3 is 180 Å². The van der Waals surface area contributed by atoms with E-state index in [4.69, 9.17) is 0 Å². The monoisotopic (exact) mass is 491 g/mol. The summed E-state index contributed by atoms with van der Waals surface area (Å²) < 4.78 is 6.59. The van der Waals surface area contributed by atoms with E-state index in [1.54, 1.807) is 18.9 Å². The molecule has 2 heteroatoms. The maximum atomic E-state index is 2.74.